The molecule has 3 aromatic carbocycles. The van der Waals surface area contributed by atoms with Gasteiger partial charge in [-0.15, -0.1) is 0 Å². The van der Waals surface area contributed by atoms with Crippen LogP contribution in [0, 0.1) is 6.92 Å². The number of amides is 1. The van der Waals surface area contributed by atoms with Gasteiger partial charge < -0.3 is 24.3 Å². The minimum atomic E-state index is -0.474. The molecule has 0 saturated carbocycles. The van der Waals surface area contributed by atoms with Crippen LogP contribution in [0.5, 0.6) is 17.2 Å². The second-order valence-corrected chi connectivity index (χ2v) is 7.45. The summed E-state index contributed by atoms with van der Waals surface area (Å²) in [6.45, 7) is 1.91. The number of rotatable bonds is 9. The van der Waals surface area contributed by atoms with Crippen LogP contribution in [0.4, 0.5) is 5.69 Å². The Kier molecular flexibility index (Phi) is 8.16. The average Bonchev–Trinajstić information content (AvgIpc) is 2.83. The predicted octanol–water partition coefficient (Wildman–Crippen LogP) is 5.04. The highest BCUT2D eigenvalue weighted by Crippen LogP contribution is 2.30. The van der Waals surface area contributed by atoms with Gasteiger partial charge in [-0.2, -0.15) is 0 Å². The number of anilines is 1. The first-order valence-corrected chi connectivity index (χ1v) is 10.4. The van der Waals surface area contributed by atoms with Crippen LogP contribution in [0.2, 0.25) is 5.02 Å². The first-order valence-electron chi connectivity index (χ1n) is 10.1. The quantitative estimate of drug-likeness (QED) is 0.442. The lowest BCUT2D eigenvalue weighted by Gasteiger charge is -2.14. The normalized spacial score (nSPS) is 10.3. The standard InChI is InChI=1S/C25H24ClNO6/c1-16-12-19(32-15-24(28)31-3)9-10-21(16)27-25(29)17-8-11-22(23(13-17)30-2)33-14-18-6-4-5-7-20(18)26/h4-13H,14-15H2,1-3H3,(H,27,29). The number of hydrogen-bond donors (Lipinski definition) is 1. The molecule has 0 aliphatic heterocycles. The minimum absolute atomic E-state index is 0.188. The smallest absolute Gasteiger partial charge is 0.343 e. The van der Waals surface area contributed by atoms with Gasteiger partial charge in [0.25, 0.3) is 5.91 Å². The lowest BCUT2D eigenvalue weighted by Crippen LogP contribution is -2.14. The molecule has 0 bridgehead atoms. The van der Waals surface area contributed by atoms with E-state index >= 15 is 0 Å². The molecular weight excluding hydrogens is 446 g/mol. The Labute approximate surface area is 197 Å². The highest BCUT2D eigenvalue weighted by molar-refractivity contribution is 6.31. The summed E-state index contributed by atoms with van der Waals surface area (Å²) >= 11 is 6.18. The molecule has 3 aromatic rings. The number of carbonyl (C=O) groups is 2. The molecule has 172 valence electrons. The van der Waals surface area contributed by atoms with Gasteiger partial charge in [0.1, 0.15) is 12.4 Å². The van der Waals surface area contributed by atoms with Crippen LogP contribution in [-0.4, -0.2) is 32.7 Å². The maximum Gasteiger partial charge on any atom is 0.343 e. The number of benzene rings is 3. The second-order valence-electron chi connectivity index (χ2n) is 7.04. The number of hydrogen-bond acceptors (Lipinski definition) is 6. The van der Waals surface area contributed by atoms with Crippen LogP contribution in [0.15, 0.2) is 60.7 Å². The summed E-state index contributed by atoms with van der Waals surface area (Å²) in [6, 6.07) is 17.5. The number of carbonyl (C=O) groups excluding carboxylic acids is 2. The fourth-order valence-corrected chi connectivity index (χ4v) is 3.15. The third-order valence-electron chi connectivity index (χ3n) is 4.80. The number of ether oxygens (including phenoxy) is 4. The van der Waals surface area contributed by atoms with Gasteiger partial charge in [0.15, 0.2) is 18.1 Å². The van der Waals surface area contributed by atoms with E-state index in [4.69, 9.17) is 25.8 Å². The van der Waals surface area contributed by atoms with Crippen molar-refractivity contribution in [3.63, 3.8) is 0 Å². The van der Waals surface area contributed by atoms with E-state index in [2.05, 4.69) is 10.1 Å². The van der Waals surface area contributed by atoms with Crippen molar-refractivity contribution in [1.29, 1.82) is 0 Å². The van der Waals surface area contributed by atoms with Crippen LogP contribution < -0.4 is 19.5 Å². The Morgan fingerprint density at radius 3 is 2.42 bits per heavy atom. The van der Waals surface area contributed by atoms with Crippen molar-refractivity contribution in [3.8, 4) is 17.2 Å². The zero-order chi connectivity index (χ0) is 23.8. The Hall–Kier alpha value is -3.71. The molecule has 3 rings (SSSR count). The van der Waals surface area contributed by atoms with Gasteiger partial charge in [-0.25, -0.2) is 4.79 Å². The van der Waals surface area contributed by atoms with E-state index in [9.17, 15) is 9.59 Å². The number of esters is 1. The molecule has 7 nitrogen and oxygen atoms in total. The fraction of sp³-hybridized carbons (Fsp3) is 0.200. The summed E-state index contributed by atoms with van der Waals surface area (Å²) in [5.74, 6) is 0.642. The summed E-state index contributed by atoms with van der Waals surface area (Å²) in [6.07, 6.45) is 0. The van der Waals surface area contributed by atoms with E-state index in [0.29, 0.717) is 33.5 Å². The molecule has 0 aromatic heterocycles. The third kappa shape index (κ3) is 6.40. The van der Waals surface area contributed by atoms with Crippen LogP contribution in [0.1, 0.15) is 21.5 Å². The summed E-state index contributed by atoms with van der Waals surface area (Å²) in [7, 11) is 2.80. The van der Waals surface area contributed by atoms with Gasteiger partial charge in [0, 0.05) is 21.8 Å². The zero-order valence-electron chi connectivity index (χ0n) is 18.5. The van der Waals surface area contributed by atoms with Crippen molar-refractivity contribution in [2.45, 2.75) is 13.5 Å². The highest BCUT2D eigenvalue weighted by Gasteiger charge is 2.14. The van der Waals surface area contributed by atoms with E-state index < -0.39 is 5.97 Å². The molecule has 1 N–H and O–H groups in total. The molecule has 0 spiro atoms. The van der Waals surface area contributed by atoms with Gasteiger partial charge in [0.05, 0.1) is 14.2 Å². The number of halogens is 1. The van der Waals surface area contributed by atoms with Crippen LogP contribution in [0.3, 0.4) is 0 Å². The molecular formula is C25H24ClNO6. The van der Waals surface area contributed by atoms with E-state index in [-0.39, 0.29) is 19.1 Å². The number of methoxy groups -OCH3 is 2. The molecule has 0 aliphatic carbocycles. The molecule has 8 heteroatoms. The maximum atomic E-state index is 12.8. The molecule has 0 fully saturated rings. The van der Waals surface area contributed by atoms with Crippen molar-refractivity contribution in [1.82, 2.24) is 0 Å². The molecule has 0 atom stereocenters. The van der Waals surface area contributed by atoms with Gasteiger partial charge in [0.2, 0.25) is 0 Å². The average molecular weight is 470 g/mol. The Balaban J connectivity index is 1.67. The zero-order valence-corrected chi connectivity index (χ0v) is 19.3. The molecule has 0 heterocycles. The summed E-state index contributed by atoms with van der Waals surface area (Å²) in [4.78, 5) is 24.0. The van der Waals surface area contributed by atoms with Crippen molar-refractivity contribution in [2.24, 2.45) is 0 Å². The minimum Gasteiger partial charge on any atom is -0.493 e. The van der Waals surface area contributed by atoms with Crippen molar-refractivity contribution in [2.75, 3.05) is 26.1 Å². The molecule has 0 saturated heterocycles. The highest BCUT2D eigenvalue weighted by atomic mass is 35.5. The fourth-order valence-electron chi connectivity index (χ4n) is 2.96. The molecule has 0 aliphatic rings. The van der Waals surface area contributed by atoms with Gasteiger partial charge >= 0.3 is 5.97 Å². The van der Waals surface area contributed by atoms with Crippen LogP contribution >= 0.6 is 11.6 Å². The topological polar surface area (TPSA) is 83.1 Å². The Bertz CT molecular complexity index is 1150. The van der Waals surface area contributed by atoms with E-state index in [0.717, 1.165) is 11.1 Å². The van der Waals surface area contributed by atoms with E-state index in [1.165, 1.54) is 14.2 Å². The lowest BCUT2D eigenvalue weighted by molar-refractivity contribution is -0.142. The first-order chi connectivity index (χ1) is 15.9. The predicted molar refractivity (Wildman–Crippen MR) is 125 cm³/mol. The van der Waals surface area contributed by atoms with Crippen molar-refractivity contribution >= 4 is 29.2 Å². The lowest BCUT2D eigenvalue weighted by atomic mass is 10.1. The summed E-state index contributed by atoms with van der Waals surface area (Å²) in [5.41, 5.74) is 2.64. The molecule has 33 heavy (non-hydrogen) atoms. The van der Waals surface area contributed by atoms with Gasteiger partial charge in [-0.3, -0.25) is 4.79 Å². The second kappa shape index (κ2) is 11.2. The molecule has 1 amide bonds. The molecule has 0 radical (unpaired) electrons. The Morgan fingerprint density at radius 1 is 0.939 bits per heavy atom. The van der Waals surface area contributed by atoms with Gasteiger partial charge in [-0.05, 0) is 55.0 Å². The monoisotopic (exact) mass is 469 g/mol. The van der Waals surface area contributed by atoms with Crippen LogP contribution in [0.25, 0.3) is 0 Å². The third-order valence-corrected chi connectivity index (χ3v) is 5.17. The van der Waals surface area contributed by atoms with Crippen molar-refractivity contribution in [3.05, 3.63) is 82.4 Å². The molecule has 0 unspecified atom stereocenters. The van der Waals surface area contributed by atoms with E-state index in [1.54, 1.807) is 42.5 Å². The summed E-state index contributed by atoms with van der Waals surface area (Å²) in [5, 5.41) is 3.48. The maximum absolute atomic E-state index is 12.8. The van der Waals surface area contributed by atoms with Crippen molar-refractivity contribution < 1.29 is 28.5 Å². The number of nitrogens with one attached hydrogen (secondary N) is 1. The summed E-state index contributed by atoms with van der Waals surface area (Å²) < 4.78 is 21.2. The van der Waals surface area contributed by atoms with E-state index in [1.807, 2.05) is 25.1 Å². The Morgan fingerprint density at radius 2 is 1.73 bits per heavy atom. The SMILES string of the molecule is COC(=O)COc1ccc(NC(=O)c2ccc(OCc3ccccc3Cl)c(OC)c2)c(C)c1. The first kappa shape index (κ1) is 23.9. The van der Waals surface area contributed by atoms with Gasteiger partial charge in [-0.1, -0.05) is 29.8 Å². The largest absolute Gasteiger partial charge is 0.493 e. The number of aryl methyl sites for hydroxylation is 1. The van der Waals surface area contributed by atoms with Crippen LogP contribution in [-0.2, 0) is 16.1 Å².